The monoisotopic (exact) mass is 255 g/mol. The fourth-order valence-corrected chi connectivity index (χ4v) is 1.64. The molecule has 0 bridgehead atoms. The van der Waals surface area contributed by atoms with Gasteiger partial charge in [0.25, 0.3) is 0 Å². The van der Waals surface area contributed by atoms with E-state index in [1.54, 1.807) is 19.1 Å². The highest BCUT2D eigenvalue weighted by molar-refractivity contribution is 5.30. The third-order valence-corrected chi connectivity index (χ3v) is 3.29. The number of ether oxygens (including phenoxy) is 1. The van der Waals surface area contributed by atoms with Gasteiger partial charge in [-0.2, -0.15) is 0 Å². The lowest BCUT2D eigenvalue weighted by Crippen LogP contribution is -2.34. The van der Waals surface area contributed by atoms with Crippen LogP contribution in [0.4, 0.5) is 4.39 Å². The fourth-order valence-electron chi connectivity index (χ4n) is 1.64. The van der Waals surface area contributed by atoms with Crippen molar-refractivity contribution in [2.24, 2.45) is 5.73 Å². The number of hydrogen-bond donors (Lipinski definition) is 2. The molecule has 0 spiro atoms. The van der Waals surface area contributed by atoms with E-state index in [0.717, 1.165) is 0 Å². The number of nitrogens with two attached hydrogens (primary N) is 1. The van der Waals surface area contributed by atoms with Crippen LogP contribution in [0.5, 0.6) is 5.75 Å². The molecular formula is C14H22FNO2. The lowest BCUT2D eigenvalue weighted by atomic mass is 9.99. The van der Waals surface area contributed by atoms with E-state index in [2.05, 4.69) is 0 Å². The molecule has 0 radical (unpaired) electrons. The van der Waals surface area contributed by atoms with Crippen LogP contribution >= 0.6 is 0 Å². The van der Waals surface area contributed by atoms with Crippen molar-refractivity contribution in [1.29, 1.82) is 0 Å². The van der Waals surface area contributed by atoms with Crippen LogP contribution < -0.4 is 10.5 Å². The molecule has 0 fully saturated rings. The summed E-state index contributed by atoms with van der Waals surface area (Å²) >= 11 is 0. The smallest absolute Gasteiger partial charge is 0.131 e. The van der Waals surface area contributed by atoms with E-state index in [9.17, 15) is 9.50 Å². The van der Waals surface area contributed by atoms with Crippen LogP contribution in [0.1, 0.15) is 45.2 Å². The summed E-state index contributed by atoms with van der Waals surface area (Å²) in [6.45, 7) is 5.68. The molecule has 3 nitrogen and oxygen atoms in total. The normalized spacial score (nSPS) is 13.4. The summed E-state index contributed by atoms with van der Waals surface area (Å²) in [6, 6.07) is 4.26. The van der Waals surface area contributed by atoms with Gasteiger partial charge >= 0.3 is 0 Å². The Morgan fingerprint density at radius 2 is 2.00 bits per heavy atom. The molecule has 1 aromatic carbocycles. The van der Waals surface area contributed by atoms with Crippen molar-refractivity contribution in [1.82, 2.24) is 0 Å². The Bertz CT molecular complexity index is 389. The molecule has 1 aromatic rings. The van der Waals surface area contributed by atoms with Gasteiger partial charge in [-0.1, -0.05) is 19.9 Å². The first kappa shape index (κ1) is 14.9. The zero-order valence-electron chi connectivity index (χ0n) is 11.2. The number of aliphatic hydroxyl groups is 1. The Balaban J connectivity index is 2.72. The predicted molar refractivity (Wildman–Crippen MR) is 70.0 cm³/mol. The lowest BCUT2D eigenvalue weighted by molar-refractivity contribution is -0.0114. The molecule has 0 unspecified atom stereocenters. The third-order valence-electron chi connectivity index (χ3n) is 3.29. The van der Waals surface area contributed by atoms with Gasteiger partial charge in [0.05, 0.1) is 5.60 Å². The van der Waals surface area contributed by atoms with Gasteiger partial charge in [-0.05, 0) is 25.8 Å². The van der Waals surface area contributed by atoms with E-state index < -0.39 is 5.60 Å². The summed E-state index contributed by atoms with van der Waals surface area (Å²) in [4.78, 5) is 0. The number of rotatable bonds is 6. The molecule has 18 heavy (non-hydrogen) atoms. The Labute approximate surface area is 108 Å². The Hall–Kier alpha value is -1.13. The van der Waals surface area contributed by atoms with Gasteiger partial charge in [0.1, 0.15) is 18.2 Å². The third kappa shape index (κ3) is 3.68. The second-order valence-electron chi connectivity index (χ2n) is 4.69. The maximum atomic E-state index is 13.7. The van der Waals surface area contributed by atoms with Crippen molar-refractivity contribution in [3.8, 4) is 5.75 Å². The van der Waals surface area contributed by atoms with E-state index in [1.807, 2.05) is 13.8 Å². The standard InChI is InChI=1S/C14H22FNO2/c1-4-14(17,5-2)9-18-11-6-7-12(10(3)16)13(15)8-11/h6-8,10,17H,4-5,9,16H2,1-3H3/t10-/m0/s1. The maximum absolute atomic E-state index is 13.7. The first-order valence-electron chi connectivity index (χ1n) is 6.32. The van der Waals surface area contributed by atoms with Crippen molar-refractivity contribution in [3.63, 3.8) is 0 Å². The van der Waals surface area contributed by atoms with Gasteiger partial charge in [-0.3, -0.25) is 0 Å². The molecular weight excluding hydrogens is 233 g/mol. The number of halogens is 1. The second-order valence-corrected chi connectivity index (χ2v) is 4.69. The van der Waals surface area contributed by atoms with Gasteiger partial charge in [-0.15, -0.1) is 0 Å². The van der Waals surface area contributed by atoms with Crippen LogP contribution in [0.25, 0.3) is 0 Å². The molecule has 0 aliphatic rings. The van der Waals surface area contributed by atoms with Gasteiger partial charge in [0.15, 0.2) is 0 Å². The van der Waals surface area contributed by atoms with Crippen LogP contribution in [0.3, 0.4) is 0 Å². The lowest BCUT2D eigenvalue weighted by Gasteiger charge is -2.25. The first-order valence-corrected chi connectivity index (χ1v) is 6.32. The summed E-state index contributed by atoms with van der Waals surface area (Å²) in [5.74, 6) is 0.0382. The molecule has 3 N–H and O–H groups in total. The maximum Gasteiger partial charge on any atom is 0.131 e. The highest BCUT2D eigenvalue weighted by Gasteiger charge is 2.23. The van der Waals surface area contributed by atoms with Crippen LogP contribution in [0.15, 0.2) is 18.2 Å². The minimum Gasteiger partial charge on any atom is -0.490 e. The Morgan fingerprint density at radius 3 is 2.44 bits per heavy atom. The Morgan fingerprint density at radius 1 is 1.39 bits per heavy atom. The van der Waals surface area contributed by atoms with Crippen LogP contribution in [0.2, 0.25) is 0 Å². The van der Waals surface area contributed by atoms with E-state index in [0.29, 0.717) is 24.2 Å². The second kappa shape index (κ2) is 6.16. The molecule has 0 saturated carbocycles. The van der Waals surface area contributed by atoms with Crippen LogP contribution in [0, 0.1) is 5.82 Å². The summed E-state index contributed by atoms with van der Waals surface area (Å²) in [5, 5.41) is 10.1. The quantitative estimate of drug-likeness (QED) is 0.821. The van der Waals surface area contributed by atoms with Crippen molar-refractivity contribution in [2.75, 3.05) is 6.61 Å². The summed E-state index contributed by atoms with van der Waals surface area (Å²) in [6.07, 6.45) is 1.20. The number of benzene rings is 1. The molecule has 0 amide bonds. The minimum atomic E-state index is -0.851. The molecule has 0 aliphatic carbocycles. The average Bonchev–Trinajstić information content (AvgIpc) is 2.35. The molecule has 0 saturated heterocycles. The Kier molecular flexibility index (Phi) is 5.11. The topological polar surface area (TPSA) is 55.5 Å². The van der Waals surface area contributed by atoms with E-state index in [4.69, 9.17) is 10.5 Å². The zero-order valence-corrected chi connectivity index (χ0v) is 11.2. The van der Waals surface area contributed by atoms with E-state index >= 15 is 0 Å². The van der Waals surface area contributed by atoms with Gasteiger partial charge in [0.2, 0.25) is 0 Å². The van der Waals surface area contributed by atoms with Crippen molar-refractivity contribution >= 4 is 0 Å². The van der Waals surface area contributed by atoms with Crippen molar-refractivity contribution in [2.45, 2.75) is 45.3 Å². The van der Waals surface area contributed by atoms with E-state index in [-0.39, 0.29) is 18.5 Å². The molecule has 4 heteroatoms. The van der Waals surface area contributed by atoms with Crippen LogP contribution in [-0.2, 0) is 0 Å². The summed E-state index contributed by atoms with van der Waals surface area (Å²) in [7, 11) is 0. The van der Waals surface area contributed by atoms with Gasteiger partial charge in [-0.25, -0.2) is 4.39 Å². The summed E-state index contributed by atoms with van der Waals surface area (Å²) < 4.78 is 19.1. The SMILES string of the molecule is CCC(O)(CC)COc1ccc([C@H](C)N)c(F)c1. The van der Waals surface area contributed by atoms with Crippen molar-refractivity contribution in [3.05, 3.63) is 29.6 Å². The molecule has 0 aliphatic heterocycles. The predicted octanol–water partition coefficient (Wildman–Crippen LogP) is 2.78. The first-order chi connectivity index (χ1) is 8.41. The largest absolute Gasteiger partial charge is 0.490 e. The average molecular weight is 255 g/mol. The molecule has 0 heterocycles. The van der Waals surface area contributed by atoms with Crippen molar-refractivity contribution < 1.29 is 14.2 Å². The fraction of sp³-hybridized carbons (Fsp3) is 0.571. The highest BCUT2D eigenvalue weighted by Crippen LogP contribution is 2.22. The highest BCUT2D eigenvalue weighted by atomic mass is 19.1. The van der Waals surface area contributed by atoms with E-state index in [1.165, 1.54) is 6.07 Å². The molecule has 102 valence electrons. The number of hydrogen-bond acceptors (Lipinski definition) is 3. The van der Waals surface area contributed by atoms with Gasteiger partial charge < -0.3 is 15.6 Å². The zero-order chi connectivity index (χ0) is 13.8. The van der Waals surface area contributed by atoms with Crippen LogP contribution in [-0.4, -0.2) is 17.3 Å². The molecule has 0 aromatic heterocycles. The van der Waals surface area contributed by atoms with Gasteiger partial charge in [0, 0.05) is 17.7 Å². The molecule has 1 rings (SSSR count). The molecule has 1 atom stereocenters. The summed E-state index contributed by atoms with van der Waals surface area (Å²) in [5.41, 5.74) is 5.24. The minimum absolute atomic E-state index is 0.164.